The molecule has 0 aromatic rings. The zero-order chi connectivity index (χ0) is 11.2. The highest BCUT2D eigenvalue weighted by molar-refractivity contribution is 4.52. The molecule has 1 heteroatoms. The average Bonchev–Trinajstić information content (AvgIpc) is 2.26. The summed E-state index contributed by atoms with van der Waals surface area (Å²) in [6.07, 6.45) is 12.8. The summed E-state index contributed by atoms with van der Waals surface area (Å²) in [6.45, 7) is 8.82. The van der Waals surface area contributed by atoms with E-state index in [0.717, 1.165) is 19.4 Å². The quantitative estimate of drug-likeness (QED) is 0.417. The predicted molar refractivity (Wildman–Crippen MR) is 67.5 cm³/mol. The molecule has 0 heterocycles. The van der Waals surface area contributed by atoms with E-state index in [2.05, 4.69) is 13.8 Å². The van der Waals surface area contributed by atoms with Gasteiger partial charge in [0.2, 0.25) is 0 Å². The third-order valence-electron chi connectivity index (χ3n) is 2.56. The normalized spacial score (nSPS) is 10.8. The highest BCUT2D eigenvalue weighted by Crippen LogP contribution is 2.08. The van der Waals surface area contributed by atoms with Gasteiger partial charge in [0.05, 0.1) is 6.61 Å². The van der Waals surface area contributed by atoms with E-state index in [0.29, 0.717) is 0 Å². The van der Waals surface area contributed by atoms with Crippen LogP contribution in [-0.2, 0) is 4.74 Å². The van der Waals surface area contributed by atoms with Gasteiger partial charge in [-0.05, 0) is 12.8 Å². The van der Waals surface area contributed by atoms with Crippen molar-refractivity contribution in [1.82, 2.24) is 0 Å². The number of unbranched alkanes of at least 4 members (excludes halogenated alkanes) is 8. The highest BCUT2D eigenvalue weighted by Gasteiger charge is 1.92. The molecule has 1 nitrogen and oxygen atoms in total. The summed E-state index contributed by atoms with van der Waals surface area (Å²) in [5.41, 5.74) is 0. The third kappa shape index (κ3) is 14.0. The van der Waals surface area contributed by atoms with Crippen LogP contribution in [-0.4, -0.2) is 6.61 Å². The molecule has 0 aliphatic rings. The number of ether oxygens (including phenoxy) is 1. The van der Waals surface area contributed by atoms with Crippen molar-refractivity contribution in [1.29, 1.82) is 0 Å². The maximum absolute atomic E-state index is 5.35. The molecule has 0 spiro atoms. The molecule has 2 radical (unpaired) electrons. The van der Waals surface area contributed by atoms with Gasteiger partial charge in [0.15, 0.2) is 0 Å². The van der Waals surface area contributed by atoms with Crippen molar-refractivity contribution in [2.24, 2.45) is 0 Å². The maximum Gasteiger partial charge on any atom is 0.0836 e. The summed E-state index contributed by atoms with van der Waals surface area (Å²) < 4.78 is 5.35. The van der Waals surface area contributed by atoms with Gasteiger partial charge in [-0.2, -0.15) is 0 Å². The molecule has 0 aliphatic carbocycles. The minimum Gasteiger partial charge on any atom is -0.376 e. The van der Waals surface area contributed by atoms with Gasteiger partial charge in [0.1, 0.15) is 0 Å². The Hall–Kier alpha value is -0.0400. The van der Waals surface area contributed by atoms with Crippen molar-refractivity contribution in [2.45, 2.75) is 71.1 Å². The second-order valence-corrected chi connectivity index (χ2v) is 4.15. The topological polar surface area (TPSA) is 9.23 Å². The van der Waals surface area contributed by atoms with Crippen LogP contribution in [0.4, 0.5) is 0 Å². The fourth-order valence-corrected chi connectivity index (χ4v) is 1.57. The minimum absolute atomic E-state index is 0.898. The van der Waals surface area contributed by atoms with Crippen LogP contribution < -0.4 is 0 Å². The zero-order valence-corrected chi connectivity index (χ0v) is 10.5. The molecule has 0 aromatic carbocycles. The number of rotatable bonds is 12. The Bertz CT molecular complexity index is 89.5. The standard InChI is InChI=1S/C14H28O/c1-3-5-7-8-9-10-11-12-14-15-13-6-4-2/h13H,2-12,14H2,1H3. The van der Waals surface area contributed by atoms with Crippen LogP contribution in [0.2, 0.25) is 0 Å². The van der Waals surface area contributed by atoms with Crippen LogP contribution in [0.25, 0.3) is 0 Å². The molecule has 0 aliphatic heterocycles. The predicted octanol–water partition coefficient (Wildman–Crippen LogP) is 4.92. The van der Waals surface area contributed by atoms with Crippen molar-refractivity contribution in [3.8, 4) is 0 Å². The molecular formula is C14H28O. The Balaban J connectivity index is 2.81. The molecule has 90 valence electrons. The Morgan fingerprint density at radius 2 is 1.53 bits per heavy atom. The third-order valence-corrected chi connectivity index (χ3v) is 2.56. The summed E-state index contributed by atoms with van der Waals surface area (Å²) in [5, 5.41) is 0. The fourth-order valence-electron chi connectivity index (χ4n) is 1.57. The van der Waals surface area contributed by atoms with Crippen molar-refractivity contribution in [3.63, 3.8) is 0 Å². The summed E-state index contributed by atoms with van der Waals surface area (Å²) >= 11 is 0. The van der Waals surface area contributed by atoms with E-state index in [9.17, 15) is 0 Å². The van der Waals surface area contributed by atoms with Crippen LogP contribution >= 0.6 is 0 Å². The van der Waals surface area contributed by atoms with E-state index in [1.807, 2.05) is 6.61 Å². The van der Waals surface area contributed by atoms with Crippen LogP contribution in [0.1, 0.15) is 71.1 Å². The van der Waals surface area contributed by atoms with Crippen LogP contribution in [0.5, 0.6) is 0 Å². The first-order valence-corrected chi connectivity index (χ1v) is 6.64. The zero-order valence-electron chi connectivity index (χ0n) is 10.5. The summed E-state index contributed by atoms with van der Waals surface area (Å²) in [6, 6.07) is 0. The van der Waals surface area contributed by atoms with Gasteiger partial charge in [-0.15, -0.1) is 0 Å². The second kappa shape index (κ2) is 14.0. The van der Waals surface area contributed by atoms with E-state index < -0.39 is 0 Å². The van der Waals surface area contributed by atoms with Crippen molar-refractivity contribution in [2.75, 3.05) is 6.61 Å². The molecule has 0 rings (SSSR count). The average molecular weight is 212 g/mol. The van der Waals surface area contributed by atoms with Crippen LogP contribution in [0.3, 0.4) is 0 Å². The molecule has 0 amide bonds. The first-order chi connectivity index (χ1) is 7.41. The van der Waals surface area contributed by atoms with Crippen molar-refractivity contribution in [3.05, 3.63) is 13.5 Å². The van der Waals surface area contributed by atoms with Crippen LogP contribution in [0, 0.1) is 13.5 Å². The molecule has 0 bridgehead atoms. The first kappa shape index (κ1) is 15.0. The Morgan fingerprint density at radius 1 is 0.933 bits per heavy atom. The summed E-state index contributed by atoms with van der Waals surface area (Å²) in [4.78, 5) is 0. The fraction of sp³-hybridized carbons (Fsp3) is 0.857. The van der Waals surface area contributed by atoms with Crippen molar-refractivity contribution < 1.29 is 4.74 Å². The first-order valence-electron chi connectivity index (χ1n) is 6.64. The molecule has 0 atom stereocenters. The molecule has 0 unspecified atom stereocenters. The van der Waals surface area contributed by atoms with Gasteiger partial charge in [-0.3, -0.25) is 0 Å². The van der Waals surface area contributed by atoms with Gasteiger partial charge in [0.25, 0.3) is 0 Å². The van der Waals surface area contributed by atoms with E-state index >= 15 is 0 Å². The lowest BCUT2D eigenvalue weighted by Crippen LogP contribution is -1.91. The molecule has 0 aromatic heterocycles. The van der Waals surface area contributed by atoms with Gasteiger partial charge in [-0.1, -0.05) is 65.2 Å². The smallest absolute Gasteiger partial charge is 0.0836 e. The molecular weight excluding hydrogens is 184 g/mol. The van der Waals surface area contributed by atoms with Crippen molar-refractivity contribution >= 4 is 0 Å². The van der Waals surface area contributed by atoms with E-state index in [1.165, 1.54) is 51.4 Å². The van der Waals surface area contributed by atoms with Crippen LogP contribution in [0.15, 0.2) is 0 Å². The molecule has 0 saturated heterocycles. The molecule has 0 N–H and O–H groups in total. The molecule has 0 fully saturated rings. The van der Waals surface area contributed by atoms with Gasteiger partial charge >= 0.3 is 0 Å². The largest absolute Gasteiger partial charge is 0.376 e. The monoisotopic (exact) mass is 212 g/mol. The number of hydrogen-bond donors (Lipinski definition) is 0. The molecule has 15 heavy (non-hydrogen) atoms. The SMILES string of the molecule is [CH2]CC[CH]OCCCCCCCCCC. The lowest BCUT2D eigenvalue weighted by molar-refractivity contribution is 0.186. The maximum atomic E-state index is 5.35. The summed E-state index contributed by atoms with van der Waals surface area (Å²) in [7, 11) is 0. The second-order valence-electron chi connectivity index (χ2n) is 4.15. The number of hydrogen-bond acceptors (Lipinski definition) is 1. The Morgan fingerprint density at radius 3 is 2.13 bits per heavy atom. The lowest BCUT2D eigenvalue weighted by atomic mass is 10.1. The van der Waals surface area contributed by atoms with E-state index in [4.69, 9.17) is 4.74 Å². The summed E-state index contributed by atoms with van der Waals surface area (Å²) in [5.74, 6) is 0. The van der Waals surface area contributed by atoms with E-state index in [1.54, 1.807) is 0 Å². The lowest BCUT2D eigenvalue weighted by Gasteiger charge is -2.03. The Kier molecular flexibility index (Phi) is 13.9. The minimum atomic E-state index is 0.898. The Labute approximate surface area is 96.6 Å². The van der Waals surface area contributed by atoms with Gasteiger partial charge in [0, 0.05) is 6.61 Å². The molecule has 0 saturated carbocycles. The van der Waals surface area contributed by atoms with E-state index in [-0.39, 0.29) is 0 Å². The van der Waals surface area contributed by atoms with Gasteiger partial charge < -0.3 is 4.74 Å². The highest BCUT2D eigenvalue weighted by atomic mass is 16.5. The van der Waals surface area contributed by atoms with Gasteiger partial charge in [-0.25, -0.2) is 0 Å².